The van der Waals surface area contributed by atoms with E-state index in [-0.39, 0.29) is 42.3 Å². The highest BCUT2D eigenvalue weighted by Crippen LogP contribution is 2.31. The molecule has 0 saturated heterocycles. The Morgan fingerprint density at radius 1 is 1.16 bits per heavy atom. The largest absolute Gasteiger partial charge is 0.449 e. The fourth-order valence-electron chi connectivity index (χ4n) is 3.39. The number of fused-ring (bicyclic) bond motifs is 1. The van der Waals surface area contributed by atoms with E-state index in [2.05, 4.69) is 30.9 Å². The maximum Gasteiger partial charge on any atom is 0.449 e. The summed E-state index contributed by atoms with van der Waals surface area (Å²) in [6.07, 6.45) is -4.72. The minimum absolute atomic E-state index is 0.00391. The molecule has 0 bridgehead atoms. The zero-order valence-corrected chi connectivity index (χ0v) is 19.0. The maximum absolute atomic E-state index is 13.5. The number of nitro groups is 1. The van der Waals surface area contributed by atoms with Crippen LogP contribution in [0.3, 0.4) is 0 Å². The molecular formula is C20H18F3N9O5. The van der Waals surface area contributed by atoms with Gasteiger partial charge in [-0.05, 0) is 24.0 Å². The Bertz CT molecular complexity index is 1470. The van der Waals surface area contributed by atoms with E-state index >= 15 is 0 Å². The van der Waals surface area contributed by atoms with Crippen LogP contribution >= 0.6 is 0 Å². The summed E-state index contributed by atoms with van der Waals surface area (Å²) in [6, 6.07) is 7.26. The first-order valence-electron chi connectivity index (χ1n) is 10.6. The first-order valence-corrected chi connectivity index (χ1v) is 10.6. The van der Waals surface area contributed by atoms with Gasteiger partial charge in [0.15, 0.2) is 5.82 Å². The number of halogens is 3. The monoisotopic (exact) mass is 521 g/mol. The number of carbonyl (C=O) groups excluding carboxylic acids is 2. The Labute approximate surface area is 204 Å². The molecule has 0 spiro atoms. The maximum atomic E-state index is 13.5. The fraction of sp³-hybridized carbons (Fsp3) is 0.300. The van der Waals surface area contributed by atoms with Crippen molar-refractivity contribution < 1.29 is 32.2 Å². The predicted octanol–water partition coefficient (Wildman–Crippen LogP) is 1.45. The van der Waals surface area contributed by atoms with E-state index < -0.39 is 41.2 Å². The molecule has 0 radical (unpaired) electrons. The van der Waals surface area contributed by atoms with E-state index in [0.29, 0.717) is 5.69 Å². The molecule has 0 aliphatic carbocycles. The summed E-state index contributed by atoms with van der Waals surface area (Å²) < 4.78 is 47.3. The number of para-hydroxylation sites is 2. The van der Waals surface area contributed by atoms with Crippen LogP contribution in [-0.2, 0) is 24.1 Å². The van der Waals surface area contributed by atoms with Gasteiger partial charge in [0, 0.05) is 13.1 Å². The molecule has 37 heavy (non-hydrogen) atoms. The fourth-order valence-corrected chi connectivity index (χ4v) is 3.39. The van der Waals surface area contributed by atoms with Crippen molar-refractivity contribution >= 4 is 28.7 Å². The number of alkyl halides is 3. The number of aryl methyl sites for hydroxylation is 1. The van der Waals surface area contributed by atoms with Crippen molar-refractivity contribution in [3.05, 3.63) is 63.7 Å². The zero-order chi connectivity index (χ0) is 26.7. The van der Waals surface area contributed by atoms with Crippen LogP contribution in [0.1, 0.15) is 28.0 Å². The molecule has 1 aromatic carbocycles. The molecule has 0 saturated carbocycles. The highest BCUT2D eigenvalue weighted by atomic mass is 19.4. The summed E-state index contributed by atoms with van der Waals surface area (Å²) in [6.45, 7) is 0.830. The molecular weight excluding hydrogens is 503 g/mol. The van der Waals surface area contributed by atoms with Gasteiger partial charge in [-0.2, -0.15) is 22.8 Å². The van der Waals surface area contributed by atoms with E-state index in [0.717, 1.165) is 4.57 Å². The van der Waals surface area contributed by atoms with Gasteiger partial charge in [-0.1, -0.05) is 17.3 Å². The Morgan fingerprint density at radius 2 is 1.89 bits per heavy atom. The van der Waals surface area contributed by atoms with Gasteiger partial charge in [-0.3, -0.25) is 9.59 Å². The van der Waals surface area contributed by atoms with Crippen molar-refractivity contribution in [2.24, 2.45) is 0 Å². The molecule has 0 unspecified atom stereocenters. The molecule has 2 N–H and O–H groups in total. The number of benzene rings is 1. The van der Waals surface area contributed by atoms with Crippen molar-refractivity contribution in [1.82, 2.24) is 40.1 Å². The van der Waals surface area contributed by atoms with E-state index in [9.17, 15) is 32.9 Å². The third kappa shape index (κ3) is 5.71. The van der Waals surface area contributed by atoms with Crippen LogP contribution in [0.2, 0.25) is 0 Å². The predicted molar refractivity (Wildman–Crippen MR) is 117 cm³/mol. The van der Waals surface area contributed by atoms with Gasteiger partial charge in [0.05, 0.1) is 34.4 Å². The van der Waals surface area contributed by atoms with Crippen LogP contribution in [0.25, 0.3) is 11.0 Å². The SMILES string of the molecule is Cc1cc([N+](=O)[O-])nn1CC(=O)NCCNC(=O)c1nc(Cn2c(C(F)(F)F)nc3ccccc32)no1. The van der Waals surface area contributed by atoms with Gasteiger partial charge in [-0.25, -0.2) is 4.98 Å². The van der Waals surface area contributed by atoms with E-state index in [1.165, 1.54) is 22.9 Å². The first-order chi connectivity index (χ1) is 17.5. The van der Waals surface area contributed by atoms with E-state index in [1.54, 1.807) is 19.1 Å². The highest BCUT2D eigenvalue weighted by molar-refractivity contribution is 5.89. The molecule has 14 nitrogen and oxygen atoms in total. The quantitative estimate of drug-likeness (QED) is 0.187. The molecule has 0 fully saturated rings. The average molecular weight is 521 g/mol. The molecule has 4 rings (SSSR count). The van der Waals surface area contributed by atoms with Crippen LogP contribution in [0.4, 0.5) is 19.0 Å². The van der Waals surface area contributed by atoms with Gasteiger partial charge >= 0.3 is 23.8 Å². The number of nitrogens with zero attached hydrogens (tertiary/aromatic N) is 7. The summed E-state index contributed by atoms with van der Waals surface area (Å²) in [5.74, 6) is -3.45. The normalized spacial score (nSPS) is 11.6. The third-order valence-corrected chi connectivity index (χ3v) is 5.05. The van der Waals surface area contributed by atoms with Gasteiger partial charge in [0.1, 0.15) is 6.54 Å². The van der Waals surface area contributed by atoms with Crippen LogP contribution in [0.5, 0.6) is 0 Å². The summed E-state index contributed by atoms with van der Waals surface area (Å²) in [5, 5.41) is 23.0. The molecule has 0 aliphatic heterocycles. The summed E-state index contributed by atoms with van der Waals surface area (Å²) in [7, 11) is 0. The molecule has 4 aromatic rings. The zero-order valence-electron chi connectivity index (χ0n) is 19.0. The number of carbonyl (C=O) groups is 2. The van der Waals surface area contributed by atoms with Crippen molar-refractivity contribution in [2.75, 3.05) is 13.1 Å². The Hall–Kier alpha value is -4.83. The number of nitrogens with one attached hydrogen (secondary N) is 2. The van der Waals surface area contributed by atoms with Gasteiger partial charge in [0.25, 0.3) is 0 Å². The lowest BCUT2D eigenvalue weighted by molar-refractivity contribution is -0.389. The Balaban J connectivity index is 1.31. The van der Waals surface area contributed by atoms with Gasteiger partial charge in [0.2, 0.25) is 11.7 Å². The standard InChI is InChI=1S/C20H18F3N9O5/c1-11-8-15(32(35)36)28-31(11)10-16(33)24-6-7-25-17(34)18-27-14(29-37-18)9-30-13-5-3-2-4-12(13)26-19(30)20(21,22)23/h2-5,8H,6-7,9-10H2,1H3,(H,24,33)(H,25,34). The van der Waals surface area contributed by atoms with Crippen LogP contribution in [0, 0.1) is 17.0 Å². The van der Waals surface area contributed by atoms with E-state index in [1.807, 2.05) is 0 Å². The highest BCUT2D eigenvalue weighted by Gasteiger charge is 2.38. The summed E-state index contributed by atoms with van der Waals surface area (Å²) >= 11 is 0. The lowest BCUT2D eigenvalue weighted by atomic mass is 10.3. The number of imidazole rings is 1. The molecule has 2 amide bonds. The summed E-state index contributed by atoms with van der Waals surface area (Å²) in [4.78, 5) is 41.8. The van der Waals surface area contributed by atoms with Crippen LogP contribution < -0.4 is 10.6 Å². The first kappa shape index (κ1) is 25.3. The van der Waals surface area contributed by atoms with Crippen LogP contribution in [-0.4, -0.2) is 59.3 Å². The lowest BCUT2D eigenvalue weighted by Gasteiger charge is -2.09. The number of hydrogen-bond acceptors (Lipinski definition) is 9. The molecule has 3 aromatic heterocycles. The molecule has 17 heteroatoms. The topological polar surface area (TPSA) is 176 Å². The Kier molecular flexibility index (Phi) is 6.85. The number of rotatable bonds is 9. The number of hydrogen-bond donors (Lipinski definition) is 2. The molecule has 194 valence electrons. The lowest BCUT2D eigenvalue weighted by Crippen LogP contribution is -2.36. The third-order valence-electron chi connectivity index (χ3n) is 5.05. The van der Waals surface area contributed by atoms with E-state index in [4.69, 9.17) is 4.52 Å². The minimum atomic E-state index is -4.72. The van der Waals surface area contributed by atoms with Crippen molar-refractivity contribution in [1.29, 1.82) is 0 Å². The van der Waals surface area contributed by atoms with Crippen molar-refractivity contribution in [3.63, 3.8) is 0 Å². The minimum Gasteiger partial charge on any atom is -0.358 e. The average Bonchev–Trinajstić information content (AvgIpc) is 3.55. The van der Waals surface area contributed by atoms with Gasteiger partial charge in [-0.15, -0.1) is 0 Å². The number of amides is 2. The van der Waals surface area contributed by atoms with Crippen LogP contribution in [0.15, 0.2) is 34.9 Å². The second kappa shape index (κ2) is 10.0. The second-order valence-electron chi connectivity index (χ2n) is 7.69. The molecule has 0 atom stereocenters. The second-order valence-corrected chi connectivity index (χ2v) is 7.69. The van der Waals surface area contributed by atoms with Crippen molar-refractivity contribution in [2.45, 2.75) is 26.2 Å². The molecule has 0 aliphatic rings. The summed E-state index contributed by atoms with van der Waals surface area (Å²) in [5.41, 5.74) is 0.772. The Morgan fingerprint density at radius 3 is 2.59 bits per heavy atom. The van der Waals surface area contributed by atoms with Gasteiger partial charge < -0.3 is 29.8 Å². The molecule has 3 heterocycles. The van der Waals surface area contributed by atoms with Crippen molar-refractivity contribution in [3.8, 4) is 0 Å². The number of aromatic nitrogens is 6. The smallest absolute Gasteiger partial charge is 0.358 e.